The second kappa shape index (κ2) is 8.08. The Labute approximate surface area is 174 Å². The third-order valence-electron chi connectivity index (χ3n) is 5.25. The molecule has 1 aromatic heterocycles. The van der Waals surface area contributed by atoms with E-state index in [1.165, 1.54) is 27.1 Å². The first-order valence-electron chi connectivity index (χ1n) is 9.80. The summed E-state index contributed by atoms with van der Waals surface area (Å²) in [6.45, 7) is 3.11. The molecule has 1 fully saturated rings. The minimum absolute atomic E-state index is 0.0848. The van der Waals surface area contributed by atoms with E-state index in [1.807, 2.05) is 31.2 Å². The van der Waals surface area contributed by atoms with Crippen LogP contribution in [0.1, 0.15) is 24.0 Å². The molecule has 0 spiro atoms. The number of benzene rings is 2. The van der Waals surface area contributed by atoms with Gasteiger partial charge in [-0.25, -0.2) is 13.2 Å². The number of aryl methyl sites for hydroxylation is 1. The minimum Gasteiger partial charge on any atom is -0.408 e. The Morgan fingerprint density at radius 2 is 1.80 bits per heavy atom. The lowest BCUT2D eigenvalue weighted by Crippen LogP contribution is -2.30. The fourth-order valence-corrected chi connectivity index (χ4v) is 5.07. The lowest BCUT2D eigenvalue weighted by Gasteiger charge is -2.15. The first kappa shape index (κ1) is 20.4. The van der Waals surface area contributed by atoms with Crippen molar-refractivity contribution in [1.29, 1.82) is 0 Å². The molecule has 1 amide bonds. The number of rotatable bonds is 6. The highest BCUT2D eigenvalue weighted by atomic mass is 32.2. The second-order valence-corrected chi connectivity index (χ2v) is 9.40. The summed E-state index contributed by atoms with van der Waals surface area (Å²) >= 11 is 0. The van der Waals surface area contributed by atoms with E-state index in [1.54, 1.807) is 0 Å². The predicted octanol–water partition coefficient (Wildman–Crippen LogP) is 2.00. The Hall–Kier alpha value is -2.91. The molecule has 1 aliphatic rings. The van der Waals surface area contributed by atoms with Crippen LogP contribution in [0.3, 0.4) is 0 Å². The van der Waals surface area contributed by atoms with E-state index in [4.69, 9.17) is 4.42 Å². The summed E-state index contributed by atoms with van der Waals surface area (Å²) < 4.78 is 33.3. The zero-order chi connectivity index (χ0) is 21.3. The van der Waals surface area contributed by atoms with Gasteiger partial charge >= 0.3 is 5.76 Å². The number of carbonyl (C=O) groups is 1. The number of nitrogens with one attached hydrogen (secondary N) is 1. The van der Waals surface area contributed by atoms with E-state index in [0.717, 1.165) is 24.0 Å². The van der Waals surface area contributed by atoms with Crippen molar-refractivity contribution < 1.29 is 17.6 Å². The number of carbonyl (C=O) groups excluding carboxylic acids is 1. The van der Waals surface area contributed by atoms with Gasteiger partial charge in [0.15, 0.2) is 5.58 Å². The molecule has 1 saturated heterocycles. The van der Waals surface area contributed by atoms with E-state index >= 15 is 0 Å². The summed E-state index contributed by atoms with van der Waals surface area (Å²) in [5, 5.41) is 2.78. The number of hydrogen-bond donors (Lipinski definition) is 1. The third-order valence-corrected chi connectivity index (χ3v) is 7.15. The van der Waals surface area contributed by atoms with Crippen LogP contribution >= 0.6 is 0 Å². The van der Waals surface area contributed by atoms with Crippen molar-refractivity contribution in [2.45, 2.75) is 37.8 Å². The molecule has 0 aliphatic carbocycles. The Morgan fingerprint density at radius 1 is 1.10 bits per heavy atom. The van der Waals surface area contributed by atoms with E-state index in [9.17, 15) is 18.0 Å². The highest BCUT2D eigenvalue weighted by molar-refractivity contribution is 7.89. The number of hydrogen-bond acceptors (Lipinski definition) is 5. The molecule has 2 heterocycles. The molecule has 8 nitrogen and oxygen atoms in total. The minimum atomic E-state index is -3.62. The fourth-order valence-electron chi connectivity index (χ4n) is 3.54. The number of nitrogens with zero attached hydrogens (tertiary/aromatic N) is 2. The van der Waals surface area contributed by atoms with E-state index < -0.39 is 15.8 Å². The maximum atomic E-state index is 12.7. The predicted molar refractivity (Wildman–Crippen MR) is 111 cm³/mol. The van der Waals surface area contributed by atoms with Crippen molar-refractivity contribution in [3.63, 3.8) is 0 Å². The van der Waals surface area contributed by atoms with Gasteiger partial charge in [-0.1, -0.05) is 29.8 Å². The number of fused-ring (bicyclic) bond motifs is 1. The van der Waals surface area contributed by atoms with Gasteiger partial charge in [-0.3, -0.25) is 9.36 Å². The van der Waals surface area contributed by atoms with Gasteiger partial charge in [-0.15, -0.1) is 0 Å². The Balaban J connectivity index is 1.52. The second-order valence-electron chi connectivity index (χ2n) is 7.46. The average molecular weight is 429 g/mol. The van der Waals surface area contributed by atoms with Crippen LogP contribution in [0, 0.1) is 6.92 Å². The zero-order valence-electron chi connectivity index (χ0n) is 16.6. The van der Waals surface area contributed by atoms with Gasteiger partial charge in [0, 0.05) is 25.7 Å². The van der Waals surface area contributed by atoms with Gasteiger partial charge in [-0.2, -0.15) is 4.31 Å². The molecule has 1 aliphatic heterocycles. The van der Waals surface area contributed by atoms with Crippen LogP contribution in [0.25, 0.3) is 11.1 Å². The summed E-state index contributed by atoms with van der Waals surface area (Å²) in [5.41, 5.74) is 2.61. The highest BCUT2D eigenvalue weighted by Gasteiger charge is 2.28. The van der Waals surface area contributed by atoms with Crippen molar-refractivity contribution in [2.75, 3.05) is 13.1 Å². The van der Waals surface area contributed by atoms with E-state index in [-0.39, 0.29) is 22.9 Å². The SMILES string of the molecule is Cc1ccc(CNC(=O)Cn2c(=O)oc3cc(S(=O)(=O)N4CCCC4)ccc32)cc1. The molecule has 3 aromatic rings. The molecule has 0 saturated carbocycles. The van der Waals surface area contributed by atoms with Crippen LogP contribution in [0.15, 0.2) is 56.6 Å². The van der Waals surface area contributed by atoms with Gasteiger partial charge < -0.3 is 9.73 Å². The van der Waals surface area contributed by atoms with E-state index in [2.05, 4.69) is 5.32 Å². The summed E-state index contributed by atoms with van der Waals surface area (Å²) in [5.74, 6) is -1.04. The molecular formula is C21H23N3O5S. The molecule has 0 radical (unpaired) electrons. The van der Waals surface area contributed by atoms with Crippen molar-refractivity contribution in [2.24, 2.45) is 0 Å². The molecule has 158 valence electrons. The highest BCUT2D eigenvalue weighted by Crippen LogP contribution is 2.24. The van der Waals surface area contributed by atoms with Crippen LogP contribution in [0.2, 0.25) is 0 Å². The quantitative estimate of drug-likeness (QED) is 0.646. The van der Waals surface area contributed by atoms with Crippen LogP contribution in [0.4, 0.5) is 0 Å². The average Bonchev–Trinajstić information content (AvgIpc) is 3.36. The fraction of sp³-hybridized carbons (Fsp3) is 0.333. The van der Waals surface area contributed by atoms with Crippen LogP contribution in [-0.4, -0.2) is 36.3 Å². The van der Waals surface area contributed by atoms with Gasteiger partial charge in [0.05, 0.1) is 10.4 Å². The topological polar surface area (TPSA) is 102 Å². The molecule has 2 aromatic carbocycles. The van der Waals surface area contributed by atoms with Crippen LogP contribution < -0.4 is 11.1 Å². The summed E-state index contributed by atoms with van der Waals surface area (Å²) in [4.78, 5) is 24.7. The standard InChI is InChI=1S/C21H23N3O5S/c1-15-4-6-16(7-5-15)13-22-20(25)14-24-18-9-8-17(12-19(18)29-21(24)26)30(27,28)23-10-2-3-11-23/h4-9,12H,2-3,10-11,13-14H2,1H3,(H,22,25). The molecule has 30 heavy (non-hydrogen) atoms. The smallest absolute Gasteiger partial charge is 0.408 e. The van der Waals surface area contributed by atoms with Crippen molar-refractivity contribution in [1.82, 2.24) is 14.2 Å². The van der Waals surface area contributed by atoms with Gasteiger partial charge in [-0.05, 0) is 37.5 Å². The molecule has 4 rings (SSSR count). The Bertz CT molecular complexity index is 1240. The van der Waals surface area contributed by atoms with Crippen LogP contribution in [0.5, 0.6) is 0 Å². The molecule has 0 atom stereocenters. The van der Waals surface area contributed by atoms with Gasteiger partial charge in [0.25, 0.3) is 0 Å². The van der Waals surface area contributed by atoms with E-state index in [0.29, 0.717) is 25.2 Å². The molecular weight excluding hydrogens is 406 g/mol. The monoisotopic (exact) mass is 429 g/mol. The Kier molecular flexibility index (Phi) is 5.48. The maximum Gasteiger partial charge on any atom is 0.420 e. The first-order valence-corrected chi connectivity index (χ1v) is 11.2. The zero-order valence-corrected chi connectivity index (χ0v) is 17.4. The molecule has 9 heteroatoms. The molecule has 1 N–H and O–H groups in total. The van der Waals surface area contributed by atoms with Crippen LogP contribution in [-0.2, 0) is 27.9 Å². The third kappa shape index (κ3) is 4.03. The lowest BCUT2D eigenvalue weighted by atomic mass is 10.1. The Morgan fingerprint density at radius 3 is 2.50 bits per heavy atom. The van der Waals surface area contributed by atoms with Gasteiger partial charge in [0.2, 0.25) is 15.9 Å². The number of amides is 1. The lowest BCUT2D eigenvalue weighted by molar-refractivity contribution is -0.121. The normalized spacial score (nSPS) is 15.0. The number of oxazole rings is 1. The maximum absolute atomic E-state index is 12.7. The summed E-state index contributed by atoms with van der Waals surface area (Å²) in [7, 11) is -3.62. The molecule has 0 unspecified atom stereocenters. The molecule has 0 bridgehead atoms. The first-order chi connectivity index (χ1) is 14.3. The van der Waals surface area contributed by atoms with Crippen molar-refractivity contribution >= 4 is 27.0 Å². The summed E-state index contributed by atoms with van der Waals surface area (Å²) in [6, 6.07) is 12.1. The van der Waals surface area contributed by atoms with Crippen molar-refractivity contribution in [3.05, 3.63) is 64.1 Å². The summed E-state index contributed by atoms with van der Waals surface area (Å²) in [6.07, 6.45) is 1.68. The largest absolute Gasteiger partial charge is 0.420 e. The number of aromatic nitrogens is 1. The van der Waals surface area contributed by atoms with Crippen molar-refractivity contribution in [3.8, 4) is 0 Å². The van der Waals surface area contributed by atoms with Gasteiger partial charge in [0.1, 0.15) is 6.54 Å². The number of sulfonamides is 1.